The van der Waals surface area contributed by atoms with Gasteiger partial charge in [0.15, 0.2) is 0 Å². The first-order chi connectivity index (χ1) is 6.27. The average Bonchev–Trinajstić information content (AvgIpc) is 2.10. The molecule has 0 aromatic heterocycles. The molecule has 0 amide bonds. The summed E-state index contributed by atoms with van der Waals surface area (Å²) in [4.78, 5) is 4.58. The Kier molecular flexibility index (Phi) is 4.38. The highest BCUT2D eigenvalue weighted by atomic mass is 79.9. The molecule has 0 atom stereocenters. The van der Waals surface area contributed by atoms with E-state index in [4.69, 9.17) is 10.6 Å². The summed E-state index contributed by atoms with van der Waals surface area (Å²) >= 11 is 3.39. The van der Waals surface area contributed by atoms with Crippen LogP contribution in [-0.2, 0) is 22.8 Å². The van der Waals surface area contributed by atoms with Gasteiger partial charge >= 0.3 is 0 Å². The molecular weight excluding hydrogens is 234 g/mol. The molecule has 0 radical (unpaired) electrons. The van der Waals surface area contributed by atoms with Crippen LogP contribution in [0.25, 0.3) is 0 Å². The lowest BCUT2D eigenvalue weighted by molar-refractivity contribution is 0.120. The molecule has 13 heavy (non-hydrogen) atoms. The molecule has 1 aromatic rings. The Bertz CT molecular complexity index is 278. The Balaban J connectivity index is 2.89. The lowest BCUT2D eigenvalue weighted by atomic mass is 10.1. The second-order valence-electron chi connectivity index (χ2n) is 2.66. The van der Waals surface area contributed by atoms with Crippen molar-refractivity contribution >= 4 is 15.9 Å². The third kappa shape index (κ3) is 3.08. The predicted molar refractivity (Wildman–Crippen MR) is 53.8 cm³/mol. The first kappa shape index (κ1) is 10.7. The molecule has 72 valence electrons. The van der Waals surface area contributed by atoms with Crippen LogP contribution in [0.3, 0.4) is 0 Å². The standard InChI is InChI=1S/C9H12BrNO2/c1-12-5-8-4-9(10)3-2-7(8)6-13-11/h2-4H,5-6,11H2,1H3. The molecule has 3 nitrogen and oxygen atoms in total. The highest BCUT2D eigenvalue weighted by Crippen LogP contribution is 2.17. The van der Waals surface area contributed by atoms with Crippen molar-refractivity contribution in [2.75, 3.05) is 7.11 Å². The SMILES string of the molecule is COCc1cc(Br)ccc1CON. The molecule has 0 spiro atoms. The maximum atomic E-state index is 5.05. The van der Waals surface area contributed by atoms with Gasteiger partial charge in [-0.15, -0.1) is 0 Å². The molecule has 0 aliphatic carbocycles. The summed E-state index contributed by atoms with van der Waals surface area (Å²) in [7, 11) is 1.66. The summed E-state index contributed by atoms with van der Waals surface area (Å²) in [6.07, 6.45) is 0. The summed E-state index contributed by atoms with van der Waals surface area (Å²) < 4.78 is 6.08. The number of rotatable bonds is 4. The molecule has 0 bridgehead atoms. The number of methoxy groups -OCH3 is 1. The lowest BCUT2D eigenvalue weighted by Gasteiger charge is -2.07. The average molecular weight is 246 g/mol. The van der Waals surface area contributed by atoms with E-state index in [1.54, 1.807) is 7.11 Å². The third-order valence-electron chi connectivity index (χ3n) is 1.71. The minimum atomic E-state index is 0.409. The predicted octanol–water partition coefficient (Wildman–Crippen LogP) is 1.99. The van der Waals surface area contributed by atoms with Gasteiger partial charge < -0.3 is 4.74 Å². The Morgan fingerprint density at radius 1 is 1.31 bits per heavy atom. The van der Waals surface area contributed by atoms with E-state index in [1.165, 1.54) is 0 Å². The van der Waals surface area contributed by atoms with E-state index >= 15 is 0 Å². The maximum absolute atomic E-state index is 5.05. The molecule has 0 heterocycles. The zero-order chi connectivity index (χ0) is 9.68. The molecule has 2 N–H and O–H groups in total. The highest BCUT2D eigenvalue weighted by molar-refractivity contribution is 9.10. The van der Waals surface area contributed by atoms with Crippen LogP contribution >= 0.6 is 15.9 Å². The summed E-state index contributed by atoms with van der Waals surface area (Å²) in [5.41, 5.74) is 2.13. The van der Waals surface area contributed by atoms with E-state index in [-0.39, 0.29) is 0 Å². The number of ether oxygens (including phenoxy) is 1. The van der Waals surface area contributed by atoms with E-state index in [0.717, 1.165) is 15.6 Å². The van der Waals surface area contributed by atoms with Gasteiger partial charge in [-0.1, -0.05) is 22.0 Å². The van der Waals surface area contributed by atoms with Gasteiger partial charge in [0.2, 0.25) is 0 Å². The second kappa shape index (κ2) is 5.34. The van der Waals surface area contributed by atoms with Crippen LogP contribution in [0.15, 0.2) is 22.7 Å². The van der Waals surface area contributed by atoms with Crippen LogP contribution in [0, 0.1) is 0 Å². The molecule has 0 saturated heterocycles. The Morgan fingerprint density at radius 2 is 2.08 bits per heavy atom. The third-order valence-corrected chi connectivity index (χ3v) is 2.20. The van der Waals surface area contributed by atoms with Gasteiger partial charge in [0.25, 0.3) is 0 Å². The van der Waals surface area contributed by atoms with Crippen molar-refractivity contribution in [2.24, 2.45) is 5.90 Å². The smallest absolute Gasteiger partial charge is 0.0933 e. The molecule has 0 aliphatic rings. The van der Waals surface area contributed by atoms with Crippen LogP contribution in [0.1, 0.15) is 11.1 Å². The van der Waals surface area contributed by atoms with Crippen LogP contribution < -0.4 is 5.90 Å². The maximum Gasteiger partial charge on any atom is 0.0933 e. The van der Waals surface area contributed by atoms with E-state index in [9.17, 15) is 0 Å². The minimum Gasteiger partial charge on any atom is -0.380 e. The van der Waals surface area contributed by atoms with Crippen molar-refractivity contribution in [1.82, 2.24) is 0 Å². The monoisotopic (exact) mass is 245 g/mol. The van der Waals surface area contributed by atoms with Crippen molar-refractivity contribution in [3.05, 3.63) is 33.8 Å². The number of hydrogen-bond donors (Lipinski definition) is 1. The van der Waals surface area contributed by atoms with Gasteiger partial charge in [-0.3, -0.25) is 4.84 Å². The Labute approximate surface area is 85.9 Å². The van der Waals surface area contributed by atoms with Crippen LogP contribution in [-0.4, -0.2) is 7.11 Å². The minimum absolute atomic E-state index is 0.409. The molecule has 1 rings (SSSR count). The van der Waals surface area contributed by atoms with E-state index in [1.807, 2.05) is 18.2 Å². The van der Waals surface area contributed by atoms with Crippen molar-refractivity contribution in [3.8, 4) is 0 Å². The number of halogens is 1. The van der Waals surface area contributed by atoms with Gasteiger partial charge in [-0.25, -0.2) is 5.90 Å². The molecule has 0 saturated carbocycles. The summed E-state index contributed by atoms with van der Waals surface area (Å²) in [6, 6.07) is 5.91. The van der Waals surface area contributed by atoms with Gasteiger partial charge in [0, 0.05) is 11.6 Å². The molecule has 4 heteroatoms. The second-order valence-corrected chi connectivity index (χ2v) is 3.57. The van der Waals surface area contributed by atoms with Crippen molar-refractivity contribution in [1.29, 1.82) is 0 Å². The first-order valence-corrected chi connectivity index (χ1v) is 4.65. The zero-order valence-electron chi connectivity index (χ0n) is 7.42. The fraction of sp³-hybridized carbons (Fsp3) is 0.333. The van der Waals surface area contributed by atoms with Crippen LogP contribution in [0.4, 0.5) is 0 Å². The largest absolute Gasteiger partial charge is 0.380 e. The molecule has 1 aromatic carbocycles. The highest BCUT2D eigenvalue weighted by Gasteiger charge is 2.02. The van der Waals surface area contributed by atoms with E-state index in [2.05, 4.69) is 20.8 Å². The number of benzene rings is 1. The lowest BCUT2D eigenvalue weighted by Crippen LogP contribution is -2.03. The normalized spacial score (nSPS) is 10.4. The van der Waals surface area contributed by atoms with Gasteiger partial charge in [0.05, 0.1) is 13.2 Å². The summed E-state index contributed by atoms with van der Waals surface area (Å²) in [6.45, 7) is 0.976. The van der Waals surface area contributed by atoms with E-state index in [0.29, 0.717) is 13.2 Å². The Hall–Kier alpha value is -0.420. The van der Waals surface area contributed by atoms with E-state index < -0.39 is 0 Å². The summed E-state index contributed by atoms with van der Waals surface area (Å²) in [5, 5.41) is 0. The fourth-order valence-electron chi connectivity index (χ4n) is 1.11. The van der Waals surface area contributed by atoms with Crippen LogP contribution in [0.2, 0.25) is 0 Å². The summed E-state index contributed by atoms with van der Waals surface area (Å²) in [5.74, 6) is 5.01. The van der Waals surface area contributed by atoms with Crippen molar-refractivity contribution < 1.29 is 9.57 Å². The molecule has 0 unspecified atom stereocenters. The quantitative estimate of drug-likeness (QED) is 0.826. The number of hydrogen-bond acceptors (Lipinski definition) is 3. The van der Waals surface area contributed by atoms with Crippen molar-refractivity contribution in [3.63, 3.8) is 0 Å². The van der Waals surface area contributed by atoms with Crippen molar-refractivity contribution in [2.45, 2.75) is 13.2 Å². The van der Waals surface area contributed by atoms with Crippen LogP contribution in [0.5, 0.6) is 0 Å². The molecule has 0 aliphatic heterocycles. The fourth-order valence-corrected chi connectivity index (χ4v) is 1.52. The first-order valence-electron chi connectivity index (χ1n) is 3.86. The topological polar surface area (TPSA) is 44.5 Å². The Morgan fingerprint density at radius 3 is 2.69 bits per heavy atom. The molecular formula is C9H12BrNO2. The zero-order valence-corrected chi connectivity index (χ0v) is 9.00. The van der Waals surface area contributed by atoms with Gasteiger partial charge in [-0.05, 0) is 23.3 Å². The van der Waals surface area contributed by atoms with Gasteiger partial charge in [0.1, 0.15) is 0 Å². The molecule has 0 fully saturated rings. The number of nitrogens with two attached hydrogens (primary N) is 1. The van der Waals surface area contributed by atoms with Gasteiger partial charge in [-0.2, -0.15) is 0 Å².